The Kier molecular flexibility index (Phi) is 3.28. The molecule has 15 heavy (non-hydrogen) atoms. The number of hydrazine groups is 1. The van der Waals surface area contributed by atoms with Crippen LogP contribution in [0.4, 0.5) is 5.69 Å². The smallest absolute Gasteiger partial charge is 0.208 e. The molecule has 0 radical (unpaired) electrons. The average Bonchev–Trinajstić information content (AvgIpc) is 2.17. The van der Waals surface area contributed by atoms with E-state index >= 15 is 0 Å². The normalized spacial score (nSPS) is 12.5. The number of benzene rings is 1. The van der Waals surface area contributed by atoms with Crippen molar-refractivity contribution in [2.75, 3.05) is 6.26 Å². The lowest BCUT2D eigenvalue weighted by atomic mass is 10.3. The average molecular weight is 228 g/mol. The highest BCUT2D eigenvalue weighted by molar-refractivity contribution is 7.90. The Morgan fingerprint density at radius 3 is 2.27 bits per heavy atom. The fourth-order valence-electron chi connectivity index (χ4n) is 0.939. The molecule has 6 nitrogen and oxygen atoms in total. The molecule has 0 unspecified atom stereocenters. The fourth-order valence-corrected chi connectivity index (χ4v) is 1.57. The monoisotopic (exact) mass is 228 g/mol. The highest BCUT2D eigenvalue weighted by atomic mass is 32.2. The number of nitrogens with two attached hydrogens (primary N) is 2. The number of hydrogen-bond donors (Lipinski definition) is 3. The van der Waals surface area contributed by atoms with Gasteiger partial charge in [-0.2, -0.15) is 0 Å². The Bertz CT molecular complexity index is 464. The molecule has 1 rings (SSSR count). The van der Waals surface area contributed by atoms with E-state index in [1.54, 1.807) is 12.1 Å². The second kappa shape index (κ2) is 4.28. The van der Waals surface area contributed by atoms with Crippen molar-refractivity contribution in [3.8, 4) is 0 Å². The van der Waals surface area contributed by atoms with Gasteiger partial charge in [-0.05, 0) is 24.3 Å². The van der Waals surface area contributed by atoms with Gasteiger partial charge >= 0.3 is 0 Å². The van der Waals surface area contributed by atoms with E-state index in [2.05, 4.69) is 10.4 Å². The zero-order valence-electron chi connectivity index (χ0n) is 8.14. The van der Waals surface area contributed by atoms with E-state index in [1.165, 1.54) is 12.1 Å². The van der Waals surface area contributed by atoms with Gasteiger partial charge in [0.25, 0.3) is 0 Å². The largest absolute Gasteiger partial charge is 0.369 e. The predicted molar refractivity (Wildman–Crippen MR) is 58.2 cm³/mol. The molecule has 0 amide bonds. The van der Waals surface area contributed by atoms with Gasteiger partial charge in [0.1, 0.15) is 0 Å². The number of rotatable bonds is 2. The lowest BCUT2D eigenvalue weighted by molar-refractivity contribution is 0.602. The number of hydrogen-bond acceptors (Lipinski definition) is 4. The first-order valence-corrected chi connectivity index (χ1v) is 5.93. The minimum absolute atomic E-state index is 0.0575. The Morgan fingerprint density at radius 2 is 1.87 bits per heavy atom. The SMILES string of the molecule is CS(=O)(=O)c1ccc(N=C(N)NN)cc1. The van der Waals surface area contributed by atoms with Crippen molar-refractivity contribution in [2.45, 2.75) is 4.90 Å². The molecule has 0 fully saturated rings. The van der Waals surface area contributed by atoms with Crippen LogP contribution in [0.1, 0.15) is 0 Å². The lowest BCUT2D eigenvalue weighted by Gasteiger charge is -2.00. The summed E-state index contributed by atoms with van der Waals surface area (Å²) in [6.07, 6.45) is 1.14. The molecular weight excluding hydrogens is 216 g/mol. The summed E-state index contributed by atoms with van der Waals surface area (Å²) in [5.74, 6) is 5.07. The van der Waals surface area contributed by atoms with Crippen LogP contribution in [0.5, 0.6) is 0 Å². The number of guanidine groups is 1. The van der Waals surface area contributed by atoms with E-state index in [1.807, 2.05) is 0 Å². The van der Waals surface area contributed by atoms with Gasteiger partial charge in [-0.25, -0.2) is 19.3 Å². The van der Waals surface area contributed by atoms with E-state index in [4.69, 9.17) is 11.6 Å². The van der Waals surface area contributed by atoms with Gasteiger partial charge in [0.15, 0.2) is 9.84 Å². The third-order valence-corrected chi connectivity index (χ3v) is 2.79. The van der Waals surface area contributed by atoms with Crippen molar-refractivity contribution in [1.29, 1.82) is 0 Å². The van der Waals surface area contributed by atoms with Crippen LogP contribution in [0, 0.1) is 0 Å². The Morgan fingerprint density at radius 1 is 1.33 bits per heavy atom. The summed E-state index contributed by atoms with van der Waals surface area (Å²) in [6, 6.07) is 6.00. The summed E-state index contributed by atoms with van der Waals surface area (Å²) in [6.45, 7) is 0. The second-order valence-electron chi connectivity index (χ2n) is 2.91. The minimum Gasteiger partial charge on any atom is -0.369 e. The second-order valence-corrected chi connectivity index (χ2v) is 4.92. The summed E-state index contributed by atoms with van der Waals surface area (Å²) in [7, 11) is -3.17. The maximum Gasteiger partial charge on any atom is 0.208 e. The molecule has 0 bridgehead atoms. The van der Waals surface area contributed by atoms with Gasteiger partial charge in [0.05, 0.1) is 10.6 Å². The maximum absolute atomic E-state index is 11.1. The van der Waals surface area contributed by atoms with Crippen molar-refractivity contribution in [2.24, 2.45) is 16.6 Å². The molecule has 1 aromatic rings. The first kappa shape index (κ1) is 11.5. The number of nitrogens with zero attached hydrogens (tertiary/aromatic N) is 1. The summed E-state index contributed by atoms with van der Waals surface area (Å²) >= 11 is 0. The molecule has 1 aromatic carbocycles. The van der Waals surface area contributed by atoms with Gasteiger partial charge in [-0.1, -0.05) is 0 Å². The van der Waals surface area contributed by atoms with Crippen LogP contribution in [0.25, 0.3) is 0 Å². The van der Waals surface area contributed by atoms with Crippen molar-refractivity contribution in [3.63, 3.8) is 0 Å². The molecule has 0 saturated heterocycles. The van der Waals surface area contributed by atoms with Gasteiger partial charge in [-0.15, -0.1) is 0 Å². The molecule has 82 valence electrons. The van der Waals surface area contributed by atoms with Gasteiger partial charge in [0, 0.05) is 6.26 Å². The van der Waals surface area contributed by atoms with Crippen LogP contribution >= 0.6 is 0 Å². The first-order chi connectivity index (χ1) is 6.93. The Labute approximate surface area is 87.9 Å². The highest BCUT2D eigenvalue weighted by Crippen LogP contribution is 2.15. The van der Waals surface area contributed by atoms with Gasteiger partial charge in [-0.3, -0.25) is 5.43 Å². The Hall–Kier alpha value is -1.60. The van der Waals surface area contributed by atoms with E-state index < -0.39 is 9.84 Å². The summed E-state index contributed by atoms with van der Waals surface area (Å²) in [5.41, 5.74) is 8.02. The molecule has 0 aromatic heterocycles. The third kappa shape index (κ3) is 3.22. The minimum atomic E-state index is -3.17. The topological polar surface area (TPSA) is 111 Å². The molecular formula is C8H12N4O2S. The zero-order chi connectivity index (χ0) is 11.5. The molecule has 0 heterocycles. The predicted octanol–water partition coefficient (Wildman–Crippen LogP) is -0.500. The van der Waals surface area contributed by atoms with Crippen LogP contribution < -0.4 is 17.0 Å². The van der Waals surface area contributed by atoms with Crippen LogP contribution in [0.2, 0.25) is 0 Å². The van der Waals surface area contributed by atoms with E-state index in [9.17, 15) is 8.42 Å². The summed E-state index contributed by atoms with van der Waals surface area (Å²) in [4.78, 5) is 4.10. The Balaban J connectivity index is 3.01. The van der Waals surface area contributed by atoms with Crippen LogP contribution in [-0.2, 0) is 9.84 Å². The zero-order valence-corrected chi connectivity index (χ0v) is 8.95. The number of nitrogens with one attached hydrogen (secondary N) is 1. The molecule has 0 aliphatic carbocycles. The summed E-state index contributed by atoms with van der Waals surface area (Å²) < 4.78 is 22.3. The lowest BCUT2D eigenvalue weighted by Crippen LogP contribution is -2.36. The van der Waals surface area contributed by atoms with Crippen LogP contribution in [-0.4, -0.2) is 20.6 Å². The van der Waals surface area contributed by atoms with E-state index in [0.29, 0.717) is 5.69 Å². The fraction of sp³-hybridized carbons (Fsp3) is 0.125. The summed E-state index contributed by atoms with van der Waals surface area (Å²) in [5, 5.41) is 0. The molecule has 0 spiro atoms. The molecule has 0 atom stereocenters. The quantitative estimate of drug-likeness (QED) is 0.273. The molecule has 0 aliphatic heterocycles. The maximum atomic E-state index is 11.1. The van der Waals surface area contributed by atoms with Crippen molar-refractivity contribution >= 4 is 21.5 Å². The van der Waals surface area contributed by atoms with Crippen molar-refractivity contribution in [1.82, 2.24) is 5.43 Å². The highest BCUT2D eigenvalue weighted by Gasteiger charge is 2.05. The van der Waals surface area contributed by atoms with Crippen LogP contribution in [0.3, 0.4) is 0 Å². The van der Waals surface area contributed by atoms with Crippen molar-refractivity contribution < 1.29 is 8.42 Å². The number of aliphatic imine (C=N–C) groups is 1. The molecule has 0 aliphatic rings. The van der Waals surface area contributed by atoms with Gasteiger partial charge < -0.3 is 5.73 Å². The number of sulfone groups is 1. The molecule has 5 N–H and O–H groups in total. The van der Waals surface area contributed by atoms with Gasteiger partial charge in [0.2, 0.25) is 5.96 Å². The molecule has 0 saturated carbocycles. The molecule has 7 heteroatoms. The van der Waals surface area contributed by atoms with Crippen molar-refractivity contribution in [3.05, 3.63) is 24.3 Å². The van der Waals surface area contributed by atoms with E-state index in [0.717, 1.165) is 6.26 Å². The first-order valence-electron chi connectivity index (χ1n) is 4.04. The third-order valence-electron chi connectivity index (χ3n) is 1.66. The standard InChI is InChI=1S/C8H12N4O2S/c1-15(13,14)7-4-2-6(3-5-7)11-8(9)12-10/h2-5H,10H2,1H3,(H3,9,11,12). The van der Waals surface area contributed by atoms with Crippen LogP contribution in [0.15, 0.2) is 34.2 Å². The van der Waals surface area contributed by atoms with E-state index in [-0.39, 0.29) is 10.9 Å².